The third-order valence-electron chi connectivity index (χ3n) is 1.34. The quantitative estimate of drug-likeness (QED) is 0.690. The fraction of sp³-hybridized carbons (Fsp3) is 0.571. The molecule has 0 aromatic carbocycles. The van der Waals surface area contributed by atoms with Gasteiger partial charge in [0, 0.05) is 0 Å². The molecule has 0 saturated heterocycles. The summed E-state index contributed by atoms with van der Waals surface area (Å²) in [5, 5.41) is 9.55. The summed E-state index contributed by atoms with van der Waals surface area (Å²) in [4.78, 5) is 21.2. The third-order valence-corrected chi connectivity index (χ3v) is 1.34. The van der Waals surface area contributed by atoms with Gasteiger partial charge in [0.25, 0.3) is 0 Å². The smallest absolute Gasteiger partial charge is 0.467 e. The van der Waals surface area contributed by atoms with Crippen molar-refractivity contribution in [2.24, 2.45) is 0 Å². The number of carbonyl (C=O) groups is 2. The van der Waals surface area contributed by atoms with Gasteiger partial charge in [-0.25, -0.2) is 4.79 Å². The Morgan fingerprint density at radius 1 is 1.53 bits per heavy atom. The molecule has 0 aliphatic carbocycles. The van der Waals surface area contributed by atoms with Crippen LogP contribution in [0.2, 0.25) is 0 Å². The summed E-state index contributed by atoms with van der Waals surface area (Å²) in [5.74, 6) is -3.39. The number of hydrogen-bond acceptors (Lipinski definition) is 4. The fourth-order valence-electron chi connectivity index (χ4n) is 0.667. The molecular formula is C7H7F3N2O3. The largest absolute Gasteiger partial charge is 0.471 e. The zero-order valence-corrected chi connectivity index (χ0v) is 7.59. The summed E-state index contributed by atoms with van der Waals surface area (Å²) in [6.07, 6.45) is -5.68. The van der Waals surface area contributed by atoms with Crippen LogP contribution in [0.1, 0.15) is 6.42 Å². The predicted octanol–water partition coefficient (Wildman–Crippen LogP) is 0.120. The maximum atomic E-state index is 11.8. The minimum Gasteiger partial charge on any atom is -0.467 e. The Bertz CT molecular complexity index is 295. The van der Waals surface area contributed by atoms with Gasteiger partial charge in [0.1, 0.15) is 6.04 Å². The first kappa shape index (κ1) is 13.2. The lowest BCUT2D eigenvalue weighted by molar-refractivity contribution is -0.175. The van der Waals surface area contributed by atoms with Crippen molar-refractivity contribution >= 4 is 11.9 Å². The van der Waals surface area contributed by atoms with Gasteiger partial charge in [-0.15, -0.1) is 0 Å². The minimum atomic E-state index is -5.10. The summed E-state index contributed by atoms with van der Waals surface area (Å²) >= 11 is 0. The molecule has 8 heteroatoms. The van der Waals surface area contributed by atoms with Gasteiger partial charge in [-0.1, -0.05) is 0 Å². The van der Waals surface area contributed by atoms with E-state index >= 15 is 0 Å². The van der Waals surface area contributed by atoms with E-state index in [1.807, 2.05) is 0 Å². The number of alkyl halides is 3. The molecule has 0 bridgehead atoms. The molecule has 0 saturated carbocycles. The first-order valence-corrected chi connectivity index (χ1v) is 3.65. The number of methoxy groups -OCH3 is 1. The van der Waals surface area contributed by atoms with Crippen molar-refractivity contribution in [2.75, 3.05) is 7.11 Å². The molecule has 0 rings (SSSR count). The van der Waals surface area contributed by atoms with Crippen LogP contribution in [-0.2, 0) is 14.3 Å². The molecule has 5 nitrogen and oxygen atoms in total. The van der Waals surface area contributed by atoms with Crippen LogP contribution < -0.4 is 5.32 Å². The average molecular weight is 224 g/mol. The maximum Gasteiger partial charge on any atom is 0.471 e. The van der Waals surface area contributed by atoms with Crippen molar-refractivity contribution < 1.29 is 27.5 Å². The van der Waals surface area contributed by atoms with Crippen molar-refractivity contribution in [1.29, 1.82) is 5.26 Å². The van der Waals surface area contributed by atoms with Gasteiger partial charge in [0.05, 0.1) is 19.6 Å². The van der Waals surface area contributed by atoms with Crippen LogP contribution in [0.25, 0.3) is 0 Å². The standard InChI is InChI=1S/C7H7F3N2O3/c1-15-5(13)4(2-3-11)12-6(14)7(8,9)10/h4H,2H2,1H3,(H,12,14)/t4-/m0/s1. The first-order chi connectivity index (χ1) is 6.82. The molecule has 0 aromatic rings. The number of ether oxygens (including phenoxy) is 1. The molecule has 0 aliphatic rings. The van der Waals surface area contributed by atoms with E-state index in [-0.39, 0.29) is 0 Å². The van der Waals surface area contributed by atoms with E-state index in [4.69, 9.17) is 5.26 Å². The number of amides is 1. The number of hydrogen-bond donors (Lipinski definition) is 1. The number of halogens is 3. The molecule has 15 heavy (non-hydrogen) atoms. The Kier molecular flexibility index (Phi) is 4.57. The third kappa shape index (κ3) is 4.30. The van der Waals surface area contributed by atoms with Crippen molar-refractivity contribution in [3.63, 3.8) is 0 Å². The van der Waals surface area contributed by atoms with Gasteiger partial charge >= 0.3 is 18.1 Å². The maximum absolute atomic E-state index is 11.8. The van der Waals surface area contributed by atoms with Crippen LogP contribution in [-0.4, -0.2) is 31.2 Å². The van der Waals surface area contributed by atoms with E-state index in [1.54, 1.807) is 0 Å². The average Bonchev–Trinajstić information content (AvgIpc) is 2.14. The Hall–Kier alpha value is -1.78. The number of nitrogens with zero attached hydrogens (tertiary/aromatic N) is 1. The van der Waals surface area contributed by atoms with Gasteiger partial charge in [0.2, 0.25) is 0 Å². The summed E-state index contributed by atoms with van der Waals surface area (Å²) in [7, 11) is 0.937. The topological polar surface area (TPSA) is 79.2 Å². The van der Waals surface area contributed by atoms with Crippen LogP contribution in [0.3, 0.4) is 0 Å². The predicted molar refractivity (Wildman–Crippen MR) is 40.2 cm³/mol. The number of esters is 1. The highest BCUT2D eigenvalue weighted by Gasteiger charge is 2.40. The van der Waals surface area contributed by atoms with Crippen LogP contribution in [0.15, 0.2) is 0 Å². The molecule has 0 unspecified atom stereocenters. The molecule has 0 radical (unpaired) electrons. The number of nitrogens with one attached hydrogen (secondary N) is 1. The lowest BCUT2D eigenvalue weighted by atomic mass is 10.2. The van der Waals surface area contributed by atoms with Crippen molar-refractivity contribution in [3.8, 4) is 6.07 Å². The highest BCUT2D eigenvalue weighted by molar-refractivity contribution is 5.87. The van der Waals surface area contributed by atoms with Gasteiger partial charge in [0.15, 0.2) is 0 Å². The zero-order valence-electron chi connectivity index (χ0n) is 7.59. The first-order valence-electron chi connectivity index (χ1n) is 3.65. The number of rotatable bonds is 3. The van der Waals surface area contributed by atoms with Crippen LogP contribution >= 0.6 is 0 Å². The van der Waals surface area contributed by atoms with Crippen LogP contribution in [0.4, 0.5) is 13.2 Å². The molecule has 1 atom stereocenters. The molecule has 0 heterocycles. The Morgan fingerprint density at radius 3 is 2.40 bits per heavy atom. The lowest BCUT2D eigenvalue weighted by Gasteiger charge is -2.14. The Labute approximate surface area is 82.8 Å². The van der Waals surface area contributed by atoms with Crippen molar-refractivity contribution in [1.82, 2.24) is 5.32 Å². The second-order valence-corrected chi connectivity index (χ2v) is 2.41. The molecule has 1 amide bonds. The second kappa shape index (κ2) is 5.19. The van der Waals surface area contributed by atoms with Gasteiger partial charge in [-0.3, -0.25) is 4.79 Å². The summed E-state index contributed by atoms with van der Waals surface area (Å²) in [6.45, 7) is 0. The Balaban J connectivity index is 4.50. The SMILES string of the molecule is COC(=O)[C@H](CC#N)NC(=O)C(F)(F)F. The number of nitriles is 1. The molecular weight excluding hydrogens is 217 g/mol. The highest BCUT2D eigenvalue weighted by Crippen LogP contribution is 2.14. The van der Waals surface area contributed by atoms with Crippen molar-refractivity contribution in [2.45, 2.75) is 18.6 Å². The molecule has 84 valence electrons. The second-order valence-electron chi connectivity index (χ2n) is 2.41. The lowest BCUT2D eigenvalue weighted by Crippen LogP contribution is -2.47. The highest BCUT2D eigenvalue weighted by atomic mass is 19.4. The fourth-order valence-corrected chi connectivity index (χ4v) is 0.667. The molecule has 0 spiro atoms. The molecule has 0 fully saturated rings. The molecule has 1 N–H and O–H groups in total. The van der Waals surface area contributed by atoms with Crippen LogP contribution in [0.5, 0.6) is 0 Å². The zero-order chi connectivity index (χ0) is 12.1. The monoisotopic (exact) mass is 224 g/mol. The molecule has 0 aliphatic heterocycles. The van der Waals surface area contributed by atoms with Gasteiger partial charge < -0.3 is 10.1 Å². The van der Waals surface area contributed by atoms with E-state index in [9.17, 15) is 22.8 Å². The van der Waals surface area contributed by atoms with E-state index in [2.05, 4.69) is 4.74 Å². The normalized spacial score (nSPS) is 12.5. The van der Waals surface area contributed by atoms with Gasteiger partial charge in [-0.05, 0) is 0 Å². The molecule has 0 aromatic heterocycles. The van der Waals surface area contributed by atoms with E-state index < -0.39 is 30.5 Å². The number of carbonyl (C=O) groups excluding carboxylic acids is 2. The Morgan fingerprint density at radius 2 is 2.07 bits per heavy atom. The van der Waals surface area contributed by atoms with E-state index in [0.717, 1.165) is 7.11 Å². The summed E-state index contributed by atoms with van der Waals surface area (Å²) in [6, 6.07) is -0.146. The van der Waals surface area contributed by atoms with Gasteiger partial charge in [-0.2, -0.15) is 18.4 Å². The van der Waals surface area contributed by atoms with E-state index in [0.29, 0.717) is 0 Å². The minimum absolute atomic E-state index is 0.589. The van der Waals surface area contributed by atoms with Crippen LogP contribution in [0, 0.1) is 11.3 Å². The van der Waals surface area contributed by atoms with Crippen molar-refractivity contribution in [3.05, 3.63) is 0 Å². The summed E-state index contributed by atoms with van der Waals surface area (Å²) < 4.78 is 39.4. The summed E-state index contributed by atoms with van der Waals surface area (Å²) in [5.41, 5.74) is 0. The van der Waals surface area contributed by atoms with E-state index in [1.165, 1.54) is 11.4 Å².